The zero-order valence-corrected chi connectivity index (χ0v) is 25.6. The molecule has 3 aromatic carbocycles. The first-order valence-corrected chi connectivity index (χ1v) is 14.6. The number of anilines is 2. The summed E-state index contributed by atoms with van der Waals surface area (Å²) >= 11 is 6.44. The largest absolute Gasteiger partial charge is 0.417 e. The number of allylic oxidation sites excluding steroid dienone is 2. The van der Waals surface area contributed by atoms with E-state index in [1.54, 1.807) is 46.2 Å². The average Bonchev–Trinajstić information content (AvgIpc) is 3.43. The van der Waals surface area contributed by atoms with Gasteiger partial charge in [0.2, 0.25) is 0 Å². The van der Waals surface area contributed by atoms with Gasteiger partial charge in [0.25, 0.3) is 5.82 Å². The Kier molecular flexibility index (Phi) is 9.62. The van der Waals surface area contributed by atoms with Crippen molar-refractivity contribution in [1.29, 1.82) is 0 Å². The van der Waals surface area contributed by atoms with Crippen LogP contribution in [0.1, 0.15) is 29.4 Å². The van der Waals surface area contributed by atoms with E-state index >= 15 is 0 Å². The van der Waals surface area contributed by atoms with Crippen molar-refractivity contribution in [2.24, 2.45) is 7.05 Å². The molecule has 15 heteroatoms. The van der Waals surface area contributed by atoms with Crippen LogP contribution < -0.4 is 14.4 Å². The molecule has 0 bridgehead atoms. The highest BCUT2D eigenvalue weighted by Gasteiger charge is 2.38. The highest BCUT2D eigenvalue weighted by Crippen LogP contribution is 2.47. The molecule has 0 saturated carbocycles. The molecule has 2 heterocycles. The lowest BCUT2D eigenvalue weighted by molar-refractivity contribution is -0.647. The maximum absolute atomic E-state index is 13.8. The van der Waals surface area contributed by atoms with E-state index in [4.69, 9.17) is 16.9 Å². The quantitative estimate of drug-likeness (QED) is 0.0402. The fraction of sp³-hybridized carbons (Fsp3) is 0.194. The van der Waals surface area contributed by atoms with Gasteiger partial charge in [0.05, 0.1) is 34.6 Å². The number of rotatable bonds is 7. The van der Waals surface area contributed by atoms with E-state index in [2.05, 4.69) is 20.7 Å². The van der Waals surface area contributed by atoms with Crippen molar-refractivity contribution in [3.63, 3.8) is 0 Å². The SMILES string of the molecule is CCN1/C(=C\C=C\c2n(Cc3ccccc3)c3cc(C(F)(F)F)ccc3[n+]2C)N(C#CSOOO)c2cc(C(F)(F)F)c(Cl)cc21. The van der Waals surface area contributed by atoms with E-state index in [1.807, 2.05) is 30.3 Å². The van der Waals surface area contributed by atoms with Crippen molar-refractivity contribution >= 4 is 52.1 Å². The van der Waals surface area contributed by atoms with E-state index in [0.717, 1.165) is 23.8 Å². The van der Waals surface area contributed by atoms with Crippen molar-refractivity contribution in [2.75, 3.05) is 16.3 Å². The van der Waals surface area contributed by atoms with Gasteiger partial charge in [-0.15, -0.1) is 4.33 Å². The molecule has 4 aromatic rings. The number of hydrogen-bond donors (Lipinski definition) is 1. The molecule has 0 fully saturated rings. The molecule has 0 unspecified atom stereocenters. The number of benzene rings is 3. The third-order valence-electron chi connectivity index (χ3n) is 7.24. The van der Waals surface area contributed by atoms with Crippen molar-refractivity contribution in [3.8, 4) is 11.3 Å². The Morgan fingerprint density at radius 2 is 1.74 bits per heavy atom. The average molecular weight is 682 g/mol. The fourth-order valence-corrected chi connectivity index (χ4v) is 5.68. The third kappa shape index (κ3) is 6.69. The van der Waals surface area contributed by atoms with Crippen molar-refractivity contribution < 1.29 is 45.5 Å². The van der Waals surface area contributed by atoms with Crippen LogP contribution in [0, 0.1) is 11.3 Å². The Morgan fingerprint density at radius 3 is 2.39 bits per heavy atom. The van der Waals surface area contributed by atoms with Crippen LogP contribution >= 0.6 is 23.6 Å². The number of fused-ring (bicyclic) bond motifs is 2. The van der Waals surface area contributed by atoms with E-state index < -0.39 is 28.5 Å². The van der Waals surface area contributed by atoms with Gasteiger partial charge in [-0.3, -0.25) is 4.90 Å². The highest BCUT2D eigenvalue weighted by molar-refractivity contribution is 7.99. The zero-order chi connectivity index (χ0) is 33.2. The minimum Gasteiger partial charge on any atom is -0.325 e. The minimum absolute atomic E-state index is 0.0969. The van der Waals surface area contributed by atoms with Crippen molar-refractivity contribution in [1.82, 2.24) is 4.57 Å². The molecule has 0 spiro atoms. The topological polar surface area (TPSA) is 54.0 Å². The molecular weight excluding hydrogens is 658 g/mol. The van der Waals surface area contributed by atoms with Gasteiger partial charge in [0, 0.05) is 30.0 Å². The minimum atomic E-state index is -4.73. The number of nitrogens with zero attached hydrogens (tertiary/aromatic N) is 4. The molecule has 46 heavy (non-hydrogen) atoms. The van der Waals surface area contributed by atoms with Crippen LogP contribution in [0.4, 0.5) is 37.7 Å². The number of imidazole rings is 1. The first kappa shape index (κ1) is 33.2. The Morgan fingerprint density at radius 1 is 1.00 bits per heavy atom. The van der Waals surface area contributed by atoms with Crippen LogP contribution in [0.3, 0.4) is 0 Å². The van der Waals surface area contributed by atoms with Gasteiger partial charge in [-0.05, 0) is 42.8 Å². The summed E-state index contributed by atoms with van der Waals surface area (Å²) in [4.78, 5) is 3.00. The Hall–Kier alpha value is -4.13. The van der Waals surface area contributed by atoms with Gasteiger partial charge in [-0.25, -0.2) is 14.4 Å². The lowest BCUT2D eigenvalue weighted by Gasteiger charge is -2.19. The summed E-state index contributed by atoms with van der Waals surface area (Å²) in [5, 5.41) is 13.9. The predicted octanol–water partition coefficient (Wildman–Crippen LogP) is 8.39. The van der Waals surface area contributed by atoms with Crippen LogP contribution in [0.5, 0.6) is 0 Å². The molecular formula is C31H24ClF6N4O3S+. The monoisotopic (exact) mass is 681 g/mol. The summed E-state index contributed by atoms with van der Waals surface area (Å²) in [6.45, 7) is 2.37. The number of hydrogen-bond acceptors (Lipinski definition) is 6. The normalized spacial score (nSPS) is 14.4. The van der Waals surface area contributed by atoms with E-state index in [9.17, 15) is 26.3 Å². The van der Waals surface area contributed by atoms with Gasteiger partial charge in [0.1, 0.15) is 24.4 Å². The Bertz CT molecular complexity index is 1880. The fourth-order valence-electron chi connectivity index (χ4n) is 5.22. The lowest BCUT2D eigenvalue weighted by Crippen LogP contribution is -2.31. The zero-order valence-electron chi connectivity index (χ0n) is 24.0. The molecule has 5 rings (SSSR count). The maximum atomic E-state index is 13.8. The Labute approximate surface area is 268 Å². The molecule has 0 amide bonds. The van der Waals surface area contributed by atoms with Crippen LogP contribution in [0.25, 0.3) is 17.1 Å². The van der Waals surface area contributed by atoms with Crippen LogP contribution in [0.15, 0.2) is 78.6 Å². The first-order valence-electron chi connectivity index (χ1n) is 13.5. The molecule has 7 nitrogen and oxygen atoms in total. The number of alkyl halides is 6. The molecule has 1 aliphatic heterocycles. The van der Waals surface area contributed by atoms with Gasteiger partial charge in [-0.2, -0.15) is 26.3 Å². The summed E-state index contributed by atoms with van der Waals surface area (Å²) in [5.74, 6) is 0.910. The number of halogens is 7. The summed E-state index contributed by atoms with van der Waals surface area (Å²) in [7, 11) is 1.73. The summed E-state index contributed by atoms with van der Waals surface area (Å²) in [6, 6.07) is 17.6. The van der Waals surface area contributed by atoms with E-state index in [-0.39, 0.29) is 12.2 Å². The second-order valence-corrected chi connectivity index (χ2v) is 10.8. The molecule has 0 radical (unpaired) electrons. The van der Waals surface area contributed by atoms with Gasteiger partial charge >= 0.3 is 12.4 Å². The molecule has 0 atom stereocenters. The second kappa shape index (κ2) is 13.3. The third-order valence-corrected chi connectivity index (χ3v) is 7.85. The van der Waals surface area contributed by atoms with Gasteiger partial charge in [-0.1, -0.05) is 53.0 Å². The van der Waals surface area contributed by atoms with E-state index in [0.29, 0.717) is 47.0 Å². The molecule has 1 aromatic heterocycles. The van der Waals surface area contributed by atoms with Gasteiger partial charge in [0.15, 0.2) is 11.0 Å². The number of aromatic nitrogens is 2. The standard InChI is InChI=1S/C31H23ClF6N4O3S/c1-3-40-27-18-23(32)22(31(36,37)38)17-26(27)41(14-15-46-45-44-43)29(40)11-7-10-28-39(2)24-13-12-21(30(33,34)35)16-25(24)42(28)19-20-8-5-4-6-9-20/h4-13,16-18H,3,19H2,1-2H3/p+1. The van der Waals surface area contributed by atoms with Crippen LogP contribution in [-0.2, 0) is 35.3 Å². The maximum Gasteiger partial charge on any atom is 0.417 e. The molecule has 240 valence electrons. The van der Waals surface area contributed by atoms with Crippen molar-refractivity contribution in [3.05, 3.63) is 106 Å². The lowest BCUT2D eigenvalue weighted by atomic mass is 10.1. The van der Waals surface area contributed by atoms with Gasteiger partial charge < -0.3 is 4.90 Å². The second-order valence-electron chi connectivity index (χ2n) is 9.91. The molecule has 0 aliphatic carbocycles. The molecule has 0 saturated heterocycles. The molecule has 1 aliphatic rings. The van der Waals surface area contributed by atoms with Crippen LogP contribution in [-0.4, -0.2) is 16.4 Å². The smallest absolute Gasteiger partial charge is 0.325 e. The first-order chi connectivity index (χ1) is 21.8. The molecule has 1 N–H and O–H groups in total. The predicted molar refractivity (Wildman–Crippen MR) is 163 cm³/mol. The van der Waals surface area contributed by atoms with Crippen LogP contribution in [0.2, 0.25) is 5.02 Å². The Balaban J connectivity index is 1.63. The summed E-state index contributed by atoms with van der Waals surface area (Å²) in [6.07, 6.45) is -4.34. The van der Waals surface area contributed by atoms with E-state index in [1.165, 1.54) is 17.0 Å². The summed E-state index contributed by atoms with van der Waals surface area (Å²) < 4.78 is 90.1. The highest BCUT2D eigenvalue weighted by atomic mass is 35.5. The summed E-state index contributed by atoms with van der Waals surface area (Å²) in [5.41, 5.74) is 0.408. The number of aryl methyl sites for hydroxylation is 1. The van der Waals surface area contributed by atoms with Crippen molar-refractivity contribution in [2.45, 2.75) is 25.8 Å².